The highest BCUT2D eigenvalue weighted by Gasteiger charge is 2.63. The summed E-state index contributed by atoms with van der Waals surface area (Å²) in [6.07, 6.45) is -3.81. The SMILES string of the molecule is COc1ccc2nc(N3C4COCC3C4)sc2c1C(=O)Nc1nnc(Cl)cc1C(=O)NC12CCC(C(F)(F)F)(CC1)OC2. The molecule has 5 aliphatic rings. The maximum absolute atomic E-state index is 13.8. The number of halogens is 4. The summed E-state index contributed by atoms with van der Waals surface area (Å²) in [6, 6.07) is 5.16. The molecular weight excluding hydrogens is 613 g/mol. The van der Waals surface area contributed by atoms with Crippen molar-refractivity contribution in [3.63, 3.8) is 0 Å². The van der Waals surface area contributed by atoms with Crippen molar-refractivity contribution in [2.75, 3.05) is 37.1 Å². The van der Waals surface area contributed by atoms with Gasteiger partial charge in [-0.15, -0.1) is 10.2 Å². The number of carbonyl (C=O) groups is 2. The summed E-state index contributed by atoms with van der Waals surface area (Å²) in [5.74, 6) is -1.15. The topological polar surface area (TPSA) is 128 Å². The van der Waals surface area contributed by atoms with E-state index in [2.05, 4.69) is 25.7 Å². The Hall–Kier alpha value is -3.27. The number of aromatic nitrogens is 3. The van der Waals surface area contributed by atoms with E-state index in [0.29, 0.717) is 29.2 Å². The van der Waals surface area contributed by atoms with Gasteiger partial charge in [0.05, 0.1) is 60.3 Å². The fourth-order valence-electron chi connectivity index (χ4n) is 6.44. The second-order valence-corrected chi connectivity index (χ2v) is 12.7. The molecule has 228 valence electrons. The highest BCUT2D eigenvalue weighted by molar-refractivity contribution is 7.22. The molecule has 2 aromatic heterocycles. The maximum atomic E-state index is 13.8. The van der Waals surface area contributed by atoms with Gasteiger partial charge in [0.15, 0.2) is 21.7 Å². The molecule has 5 fully saturated rings. The summed E-state index contributed by atoms with van der Waals surface area (Å²) in [4.78, 5) is 34.2. The Labute approximate surface area is 252 Å². The molecule has 4 aliphatic heterocycles. The van der Waals surface area contributed by atoms with Crippen LogP contribution in [0.2, 0.25) is 5.15 Å². The van der Waals surface area contributed by atoms with Gasteiger partial charge in [0.25, 0.3) is 11.8 Å². The van der Waals surface area contributed by atoms with Crippen molar-refractivity contribution < 1.29 is 37.0 Å². The van der Waals surface area contributed by atoms with E-state index >= 15 is 0 Å². The molecule has 4 saturated heterocycles. The molecule has 3 aromatic rings. The van der Waals surface area contributed by atoms with Crippen LogP contribution >= 0.6 is 22.9 Å². The molecule has 2 atom stereocenters. The van der Waals surface area contributed by atoms with Crippen molar-refractivity contribution in [3.8, 4) is 5.75 Å². The fraction of sp³-hybridized carbons (Fsp3) is 0.519. The summed E-state index contributed by atoms with van der Waals surface area (Å²) in [5, 5.41) is 13.9. The van der Waals surface area contributed by atoms with Crippen LogP contribution in [0.25, 0.3) is 10.2 Å². The first-order chi connectivity index (χ1) is 20.5. The van der Waals surface area contributed by atoms with Crippen molar-refractivity contribution in [2.24, 2.45) is 0 Å². The van der Waals surface area contributed by atoms with Crippen LogP contribution in [0.3, 0.4) is 0 Å². The third-order valence-corrected chi connectivity index (χ3v) is 10.2. The predicted octanol–water partition coefficient (Wildman–Crippen LogP) is 4.35. The Balaban J connectivity index is 1.15. The molecule has 0 spiro atoms. The van der Waals surface area contributed by atoms with Gasteiger partial charge in [-0.2, -0.15) is 13.2 Å². The number of hydrogen-bond donors (Lipinski definition) is 2. The number of thiazole rings is 1. The fourth-order valence-corrected chi connectivity index (χ4v) is 7.83. The number of nitrogens with zero attached hydrogens (tertiary/aromatic N) is 4. The third-order valence-electron chi connectivity index (χ3n) is 8.90. The lowest BCUT2D eigenvalue weighted by molar-refractivity contribution is -0.317. The Morgan fingerprint density at radius 3 is 2.51 bits per heavy atom. The molecule has 4 bridgehead atoms. The van der Waals surface area contributed by atoms with Crippen LogP contribution in [0.5, 0.6) is 5.75 Å². The molecule has 2 amide bonds. The van der Waals surface area contributed by atoms with Crippen molar-refractivity contribution in [3.05, 3.63) is 34.5 Å². The summed E-state index contributed by atoms with van der Waals surface area (Å²) in [6.45, 7) is 0.962. The van der Waals surface area contributed by atoms with Gasteiger partial charge in [-0.3, -0.25) is 9.59 Å². The van der Waals surface area contributed by atoms with E-state index in [1.165, 1.54) is 24.5 Å². The molecule has 0 radical (unpaired) electrons. The van der Waals surface area contributed by atoms with Gasteiger partial charge >= 0.3 is 6.18 Å². The molecule has 11 nitrogen and oxygen atoms in total. The standard InChI is InChI=1S/C27H26ClF3N6O5S/c1-40-17-3-2-16-20(43-24(32-16)37-13-8-14(37)11-41-10-13)19(17)23(39)33-21-15(9-18(28)35-36-21)22(38)34-25-4-6-26(7-5-25,42-12-25)27(29,30)31/h2-3,9,13-14H,4-8,10-12H2,1H3,(H,34,38)(H,33,36,39). The number of ether oxygens (including phenoxy) is 3. The lowest BCUT2D eigenvalue weighted by Crippen LogP contribution is -2.66. The van der Waals surface area contributed by atoms with Gasteiger partial charge in [0, 0.05) is 0 Å². The highest BCUT2D eigenvalue weighted by Crippen LogP contribution is 2.51. The average Bonchev–Trinajstić information content (AvgIpc) is 3.41. The second kappa shape index (κ2) is 10.1. The molecule has 2 N–H and O–H groups in total. The van der Waals surface area contributed by atoms with Crippen LogP contribution < -0.4 is 20.3 Å². The Morgan fingerprint density at radius 1 is 1.14 bits per heavy atom. The number of nitrogens with one attached hydrogen (secondary N) is 2. The van der Waals surface area contributed by atoms with E-state index in [1.54, 1.807) is 12.1 Å². The lowest BCUT2D eigenvalue weighted by Gasteiger charge is -2.53. The van der Waals surface area contributed by atoms with Gasteiger partial charge in [-0.05, 0) is 50.3 Å². The zero-order valence-corrected chi connectivity index (χ0v) is 24.4. The number of anilines is 2. The van der Waals surface area contributed by atoms with Gasteiger partial charge in [0.2, 0.25) is 0 Å². The van der Waals surface area contributed by atoms with Crippen molar-refractivity contribution >= 4 is 55.9 Å². The minimum atomic E-state index is -4.49. The van der Waals surface area contributed by atoms with E-state index in [1.807, 2.05) is 0 Å². The number of benzene rings is 1. The van der Waals surface area contributed by atoms with Gasteiger partial charge in [-0.25, -0.2) is 4.98 Å². The number of alkyl halides is 3. The second-order valence-electron chi connectivity index (χ2n) is 11.4. The van der Waals surface area contributed by atoms with Crippen LogP contribution in [0, 0.1) is 0 Å². The lowest BCUT2D eigenvalue weighted by atomic mass is 9.70. The quantitative estimate of drug-likeness (QED) is 0.405. The normalized spacial score (nSPS) is 28.0. The zero-order chi connectivity index (χ0) is 30.1. The van der Waals surface area contributed by atoms with Crippen molar-refractivity contribution in [2.45, 2.75) is 61.5 Å². The van der Waals surface area contributed by atoms with Crippen LogP contribution in [0.4, 0.5) is 24.1 Å². The first kappa shape index (κ1) is 28.5. The molecule has 1 saturated carbocycles. The number of carbonyl (C=O) groups excluding carboxylic acids is 2. The number of rotatable bonds is 6. The van der Waals surface area contributed by atoms with E-state index in [4.69, 9.17) is 30.8 Å². The molecule has 6 heterocycles. The first-order valence-electron chi connectivity index (χ1n) is 13.7. The van der Waals surface area contributed by atoms with Crippen LogP contribution in [-0.4, -0.2) is 83.3 Å². The predicted molar refractivity (Wildman–Crippen MR) is 150 cm³/mol. The maximum Gasteiger partial charge on any atom is 0.417 e. The van der Waals surface area contributed by atoms with Gasteiger partial charge < -0.3 is 29.7 Å². The number of hydrogen-bond acceptors (Lipinski definition) is 10. The van der Waals surface area contributed by atoms with E-state index in [0.717, 1.165) is 11.6 Å². The monoisotopic (exact) mass is 638 g/mol. The van der Waals surface area contributed by atoms with Gasteiger partial charge in [-0.1, -0.05) is 22.9 Å². The van der Waals surface area contributed by atoms with E-state index < -0.39 is 29.1 Å². The molecule has 2 unspecified atom stereocenters. The van der Waals surface area contributed by atoms with Crippen molar-refractivity contribution in [1.82, 2.24) is 20.5 Å². The van der Waals surface area contributed by atoms with Crippen molar-refractivity contribution in [1.29, 1.82) is 0 Å². The van der Waals surface area contributed by atoms with E-state index in [-0.39, 0.29) is 66.5 Å². The summed E-state index contributed by atoms with van der Waals surface area (Å²) >= 11 is 7.43. The summed E-state index contributed by atoms with van der Waals surface area (Å²) in [7, 11) is 1.45. The van der Waals surface area contributed by atoms with E-state index in [9.17, 15) is 22.8 Å². The minimum absolute atomic E-state index is 0.0873. The largest absolute Gasteiger partial charge is 0.496 e. The molecule has 43 heavy (non-hydrogen) atoms. The molecular formula is C27H26ClF3N6O5S. The smallest absolute Gasteiger partial charge is 0.417 e. The molecule has 1 aliphatic carbocycles. The Bertz CT molecular complexity index is 1600. The Kier molecular flexibility index (Phi) is 6.72. The van der Waals surface area contributed by atoms with Crippen LogP contribution in [-0.2, 0) is 9.47 Å². The number of fused-ring (bicyclic) bond motifs is 6. The number of methoxy groups -OCH3 is 1. The summed E-state index contributed by atoms with van der Waals surface area (Å²) < 4.78 is 57.8. The Morgan fingerprint density at radius 2 is 1.88 bits per heavy atom. The highest BCUT2D eigenvalue weighted by atomic mass is 35.5. The molecule has 1 aromatic carbocycles. The molecule has 16 heteroatoms. The zero-order valence-electron chi connectivity index (χ0n) is 22.8. The van der Waals surface area contributed by atoms with Crippen LogP contribution in [0.1, 0.15) is 52.8 Å². The first-order valence-corrected chi connectivity index (χ1v) is 14.9. The average molecular weight is 639 g/mol. The molecule has 8 rings (SSSR count). The van der Waals surface area contributed by atoms with Gasteiger partial charge in [0.1, 0.15) is 11.3 Å². The summed E-state index contributed by atoms with van der Waals surface area (Å²) in [5.41, 5.74) is -2.44. The third kappa shape index (κ3) is 4.67. The van der Waals surface area contributed by atoms with Crippen LogP contribution in [0.15, 0.2) is 18.2 Å². The number of amides is 2. The number of morpholine rings is 1. The minimum Gasteiger partial charge on any atom is -0.496 e.